The molecule has 2 aliphatic carbocycles. The highest BCUT2D eigenvalue weighted by molar-refractivity contribution is 5.79. The molecule has 0 spiro atoms. The summed E-state index contributed by atoms with van der Waals surface area (Å²) in [5.41, 5.74) is 0. The normalized spacial score (nSPS) is 39.7. The van der Waals surface area contributed by atoms with Gasteiger partial charge in [-0.05, 0) is 50.4 Å². The molecular weight excluding hydrogens is 186 g/mol. The van der Waals surface area contributed by atoms with Crippen molar-refractivity contribution in [1.82, 2.24) is 4.90 Å². The van der Waals surface area contributed by atoms with Crippen molar-refractivity contribution in [2.45, 2.75) is 44.9 Å². The van der Waals surface area contributed by atoms with E-state index in [1.165, 1.54) is 44.9 Å². The van der Waals surface area contributed by atoms with Gasteiger partial charge in [0.2, 0.25) is 5.91 Å². The average molecular weight is 207 g/mol. The number of hydrogen-bond acceptors (Lipinski definition) is 1. The number of likely N-dealkylation sites (tertiary alicyclic amines) is 1. The number of hydrogen-bond donors (Lipinski definition) is 0. The average Bonchev–Trinajstić information content (AvgIpc) is 2.91. The fourth-order valence-corrected chi connectivity index (χ4v) is 3.90. The van der Waals surface area contributed by atoms with Crippen LogP contribution < -0.4 is 0 Å². The lowest BCUT2D eigenvalue weighted by atomic mass is 9.87. The minimum absolute atomic E-state index is 0.418. The third-order valence-corrected chi connectivity index (χ3v) is 4.72. The van der Waals surface area contributed by atoms with Gasteiger partial charge in [0.25, 0.3) is 0 Å². The van der Waals surface area contributed by atoms with Crippen molar-refractivity contribution in [2.75, 3.05) is 13.1 Å². The van der Waals surface area contributed by atoms with Crippen LogP contribution in [0.5, 0.6) is 0 Å². The van der Waals surface area contributed by atoms with E-state index in [-0.39, 0.29) is 0 Å². The lowest BCUT2D eigenvalue weighted by Gasteiger charge is -2.32. The Morgan fingerprint density at radius 3 is 2.40 bits per heavy atom. The Labute approximate surface area is 92.0 Å². The molecule has 1 aliphatic heterocycles. The second-order valence-electron chi connectivity index (χ2n) is 5.67. The van der Waals surface area contributed by atoms with Crippen molar-refractivity contribution < 1.29 is 4.79 Å². The molecule has 2 nitrogen and oxygen atoms in total. The second kappa shape index (κ2) is 3.80. The van der Waals surface area contributed by atoms with E-state index in [1.807, 2.05) is 0 Å². The Hall–Kier alpha value is -0.530. The van der Waals surface area contributed by atoms with Crippen LogP contribution in [0.15, 0.2) is 0 Å². The summed E-state index contributed by atoms with van der Waals surface area (Å²) in [5, 5.41) is 0. The lowest BCUT2D eigenvalue weighted by Crippen LogP contribution is -2.41. The minimum Gasteiger partial charge on any atom is -0.342 e. The molecule has 84 valence electrons. The molecule has 3 fully saturated rings. The topological polar surface area (TPSA) is 20.3 Å². The van der Waals surface area contributed by atoms with E-state index in [0.29, 0.717) is 11.8 Å². The highest BCUT2D eigenvalue weighted by Gasteiger charge is 2.44. The van der Waals surface area contributed by atoms with Gasteiger partial charge < -0.3 is 4.90 Å². The first-order valence-corrected chi connectivity index (χ1v) is 6.63. The standard InChI is InChI=1S/C13H21NO/c15-13(14-6-2-1-3-7-14)12-9-10-4-5-11(12)8-10/h10-12H,1-9H2/t10-,11+,12+/m0/s1. The summed E-state index contributed by atoms with van der Waals surface area (Å²) in [7, 11) is 0. The van der Waals surface area contributed by atoms with Crippen LogP contribution in [0.1, 0.15) is 44.9 Å². The summed E-state index contributed by atoms with van der Waals surface area (Å²) >= 11 is 0. The largest absolute Gasteiger partial charge is 0.342 e. The van der Waals surface area contributed by atoms with E-state index >= 15 is 0 Å². The van der Waals surface area contributed by atoms with Crippen LogP contribution in [0, 0.1) is 17.8 Å². The van der Waals surface area contributed by atoms with Crippen molar-refractivity contribution >= 4 is 5.91 Å². The fourth-order valence-electron chi connectivity index (χ4n) is 3.90. The van der Waals surface area contributed by atoms with Crippen molar-refractivity contribution in [2.24, 2.45) is 17.8 Å². The van der Waals surface area contributed by atoms with Gasteiger partial charge in [0.1, 0.15) is 0 Å². The maximum atomic E-state index is 12.3. The summed E-state index contributed by atoms with van der Waals surface area (Å²) in [6.45, 7) is 2.07. The van der Waals surface area contributed by atoms with E-state index in [0.717, 1.165) is 24.9 Å². The molecule has 1 heterocycles. The van der Waals surface area contributed by atoms with Gasteiger partial charge >= 0.3 is 0 Å². The molecule has 0 aromatic rings. The van der Waals surface area contributed by atoms with Crippen LogP contribution in [-0.2, 0) is 4.79 Å². The quantitative estimate of drug-likeness (QED) is 0.646. The molecule has 1 amide bonds. The molecule has 3 atom stereocenters. The van der Waals surface area contributed by atoms with E-state index in [9.17, 15) is 4.79 Å². The van der Waals surface area contributed by atoms with Crippen LogP contribution in [0.4, 0.5) is 0 Å². The summed E-state index contributed by atoms with van der Waals surface area (Å²) in [6, 6.07) is 0. The van der Waals surface area contributed by atoms with Gasteiger partial charge in [-0.3, -0.25) is 4.79 Å². The predicted octanol–water partition coefficient (Wildman–Crippen LogP) is 2.44. The summed E-state index contributed by atoms with van der Waals surface area (Å²) in [4.78, 5) is 14.5. The fraction of sp³-hybridized carbons (Fsp3) is 0.923. The Morgan fingerprint density at radius 2 is 1.80 bits per heavy atom. The Bertz CT molecular complexity index is 257. The number of piperidine rings is 1. The van der Waals surface area contributed by atoms with Crippen LogP contribution in [0.25, 0.3) is 0 Å². The monoisotopic (exact) mass is 207 g/mol. The van der Waals surface area contributed by atoms with Gasteiger partial charge in [-0.2, -0.15) is 0 Å². The molecule has 15 heavy (non-hydrogen) atoms. The van der Waals surface area contributed by atoms with E-state index in [1.54, 1.807) is 0 Å². The molecule has 2 heteroatoms. The molecule has 2 saturated carbocycles. The highest BCUT2D eigenvalue weighted by Crippen LogP contribution is 2.48. The summed E-state index contributed by atoms with van der Waals surface area (Å²) in [5.74, 6) is 2.57. The molecule has 0 aromatic carbocycles. The Balaban J connectivity index is 1.64. The number of rotatable bonds is 1. The van der Waals surface area contributed by atoms with Gasteiger partial charge in [0.05, 0.1) is 0 Å². The first-order chi connectivity index (χ1) is 7.34. The third-order valence-electron chi connectivity index (χ3n) is 4.72. The van der Waals surface area contributed by atoms with Gasteiger partial charge in [0, 0.05) is 19.0 Å². The molecular formula is C13H21NO. The second-order valence-corrected chi connectivity index (χ2v) is 5.67. The summed E-state index contributed by atoms with van der Waals surface area (Å²) < 4.78 is 0. The molecule has 3 aliphatic rings. The number of carbonyl (C=O) groups excluding carboxylic acids is 1. The maximum Gasteiger partial charge on any atom is 0.225 e. The molecule has 3 rings (SSSR count). The van der Waals surface area contributed by atoms with Gasteiger partial charge in [0.15, 0.2) is 0 Å². The lowest BCUT2D eigenvalue weighted by molar-refractivity contribution is -0.138. The van der Waals surface area contributed by atoms with Gasteiger partial charge in [-0.25, -0.2) is 0 Å². The zero-order chi connectivity index (χ0) is 10.3. The smallest absolute Gasteiger partial charge is 0.225 e. The van der Waals surface area contributed by atoms with Crippen LogP contribution in [0.2, 0.25) is 0 Å². The first kappa shape index (κ1) is 9.68. The molecule has 0 N–H and O–H groups in total. The number of amides is 1. The molecule has 0 aromatic heterocycles. The highest BCUT2D eigenvalue weighted by atomic mass is 16.2. The van der Waals surface area contributed by atoms with E-state index in [4.69, 9.17) is 0 Å². The van der Waals surface area contributed by atoms with Crippen molar-refractivity contribution in [1.29, 1.82) is 0 Å². The SMILES string of the molecule is O=C([C@@H]1C[C@H]2CC[C@@H]1C2)N1CCCCC1. The molecule has 0 radical (unpaired) electrons. The number of fused-ring (bicyclic) bond motifs is 2. The number of carbonyl (C=O) groups is 1. The minimum atomic E-state index is 0.418. The van der Waals surface area contributed by atoms with Crippen molar-refractivity contribution in [3.63, 3.8) is 0 Å². The molecule has 0 unspecified atom stereocenters. The number of nitrogens with zero attached hydrogens (tertiary/aromatic N) is 1. The predicted molar refractivity (Wildman–Crippen MR) is 59.4 cm³/mol. The zero-order valence-corrected chi connectivity index (χ0v) is 9.45. The zero-order valence-electron chi connectivity index (χ0n) is 9.45. The third kappa shape index (κ3) is 1.68. The van der Waals surface area contributed by atoms with E-state index < -0.39 is 0 Å². The van der Waals surface area contributed by atoms with Crippen molar-refractivity contribution in [3.05, 3.63) is 0 Å². The Morgan fingerprint density at radius 1 is 1.00 bits per heavy atom. The van der Waals surface area contributed by atoms with Gasteiger partial charge in [-0.15, -0.1) is 0 Å². The molecule has 2 bridgehead atoms. The molecule has 1 saturated heterocycles. The summed E-state index contributed by atoms with van der Waals surface area (Å²) in [6.07, 6.45) is 9.06. The van der Waals surface area contributed by atoms with E-state index in [2.05, 4.69) is 4.90 Å². The van der Waals surface area contributed by atoms with Crippen LogP contribution in [0.3, 0.4) is 0 Å². The van der Waals surface area contributed by atoms with Crippen molar-refractivity contribution in [3.8, 4) is 0 Å². The van der Waals surface area contributed by atoms with Crippen LogP contribution in [-0.4, -0.2) is 23.9 Å². The van der Waals surface area contributed by atoms with Gasteiger partial charge in [-0.1, -0.05) is 6.42 Å². The van der Waals surface area contributed by atoms with Crippen LogP contribution >= 0.6 is 0 Å². The first-order valence-electron chi connectivity index (χ1n) is 6.63. The Kier molecular flexibility index (Phi) is 2.45. The maximum absolute atomic E-state index is 12.3.